The van der Waals surface area contributed by atoms with Gasteiger partial charge in [-0.15, -0.1) is 0 Å². The van der Waals surface area contributed by atoms with Crippen LogP contribution in [0.2, 0.25) is 0 Å². The molecule has 32 heavy (non-hydrogen) atoms. The first-order valence-corrected chi connectivity index (χ1v) is 11.2. The minimum atomic E-state index is 0.802. The first kappa shape index (κ1) is 21.8. The molecule has 3 nitrogen and oxygen atoms in total. The normalized spacial score (nSPS) is 12.8. The first-order valence-electron chi connectivity index (χ1n) is 11.2. The van der Waals surface area contributed by atoms with Crippen molar-refractivity contribution < 1.29 is 4.74 Å². The van der Waals surface area contributed by atoms with Gasteiger partial charge in [-0.25, -0.2) is 0 Å². The quantitative estimate of drug-likeness (QED) is 0.429. The van der Waals surface area contributed by atoms with E-state index in [9.17, 15) is 0 Å². The van der Waals surface area contributed by atoms with Crippen LogP contribution >= 0.6 is 0 Å². The van der Waals surface area contributed by atoms with Gasteiger partial charge in [-0.1, -0.05) is 55.6 Å². The molecule has 0 atom stereocenters. The second-order valence-corrected chi connectivity index (χ2v) is 8.51. The number of methoxy groups -OCH3 is 1. The fourth-order valence-electron chi connectivity index (χ4n) is 4.42. The van der Waals surface area contributed by atoms with E-state index in [0.717, 1.165) is 43.1 Å². The number of nitrogens with zero attached hydrogens (tertiary/aromatic N) is 2. The van der Waals surface area contributed by atoms with Crippen LogP contribution in [0.5, 0.6) is 5.75 Å². The topological polar surface area (TPSA) is 15.7 Å². The van der Waals surface area contributed by atoms with Crippen molar-refractivity contribution in [2.45, 2.75) is 26.3 Å². The van der Waals surface area contributed by atoms with Gasteiger partial charge < -0.3 is 14.5 Å². The zero-order chi connectivity index (χ0) is 22.7. The van der Waals surface area contributed by atoms with Crippen LogP contribution in [0.3, 0.4) is 0 Å². The number of anilines is 1. The van der Waals surface area contributed by atoms with Crippen LogP contribution in [0.1, 0.15) is 34.2 Å². The highest BCUT2D eigenvalue weighted by Crippen LogP contribution is 2.35. The van der Waals surface area contributed by atoms with E-state index < -0.39 is 0 Å². The predicted molar refractivity (Wildman–Crippen MR) is 136 cm³/mol. The minimum absolute atomic E-state index is 0.802. The van der Waals surface area contributed by atoms with Gasteiger partial charge in [0, 0.05) is 42.8 Å². The van der Waals surface area contributed by atoms with Crippen molar-refractivity contribution in [1.82, 2.24) is 4.90 Å². The highest BCUT2D eigenvalue weighted by molar-refractivity contribution is 5.82. The summed E-state index contributed by atoms with van der Waals surface area (Å²) in [5.41, 5.74) is 9.60. The summed E-state index contributed by atoms with van der Waals surface area (Å²) >= 11 is 0. The number of aryl methyl sites for hydroxylation is 2. The van der Waals surface area contributed by atoms with Gasteiger partial charge in [-0.2, -0.15) is 0 Å². The van der Waals surface area contributed by atoms with Crippen LogP contribution in [-0.4, -0.2) is 25.6 Å². The van der Waals surface area contributed by atoms with Crippen molar-refractivity contribution >= 4 is 17.1 Å². The van der Waals surface area contributed by atoms with Gasteiger partial charge in [-0.3, -0.25) is 0 Å². The third-order valence-electron chi connectivity index (χ3n) is 6.35. The summed E-state index contributed by atoms with van der Waals surface area (Å²) < 4.78 is 5.26. The molecule has 0 radical (unpaired) electrons. The van der Waals surface area contributed by atoms with Crippen LogP contribution in [0, 0.1) is 6.92 Å². The van der Waals surface area contributed by atoms with Crippen LogP contribution in [0.15, 0.2) is 79.9 Å². The average molecular weight is 425 g/mol. The summed E-state index contributed by atoms with van der Waals surface area (Å²) in [7, 11) is 3.79. The number of fused-ring (bicyclic) bond motifs is 1. The molecule has 1 aliphatic heterocycles. The van der Waals surface area contributed by atoms with Gasteiger partial charge in [0.2, 0.25) is 0 Å². The molecule has 0 N–H and O–H groups in total. The van der Waals surface area contributed by atoms with E-state index in [-0.39, 0.29) is 0 Å². The van der Waals surface area contributed by atoms with Crippen molar-refractivity contribution in [2.24, 2.45) is 0 Å². The van der Waals surface area contributed by atoms with Crippen molar-refractivity contribution in [3.05, 3.63) is 108 Å². The second-order valence-electron chi connectivity index (χ2n) is 8.51. The molecule has 0 aromatic heterocycles. The maximum atomic E-state index is 5.26. The fourth-order valence-corrected chi connectivity index (χ4v) is 4.42. The molecule has 0 unspecified atom stereocenters. The summed E-state index contributed by atoms with van der Waals surface area (Å²) in [6, 6.07) is 23.4. The van der Waals surface area contributed by atoms with Gasteiger partial charge in [0.05, 0.1) is 7.11 Å². The molecule has 0 spiro atoms. The van der Waals surface area contributed by atoms with E-state index in [1.165, 1.54) is 33.5 Å². The Morgan fingerprint density at radius 2 is 1.78 bits per heavy atom. The molecular formula is C29H32N2O. The smallest absolute Gasteiger partial charge is 0.118 e. The summed E-state index contributed by atoms with van der Waals surface area (Å²) in [5.74, 6) is 0.877. The number of rotatable bonds is 7. The number of benzene rings is 3. The van der Waals surface area contributed by atoms with Gasteiger partial charge in [0.25, 0.3) is 0 Å². The zero-order valence-electron chi connectivity index (χ0n) is 19.4. The Kier molecular flexibility index (Phi) is 6.36. The van der Waals surface area contributed by atoms with E-state index in [4.69, 9.17) is 4.74 Å². The van der Waals surface area contributed by atoms with E-state index in [1.54, 1.807) is 7.11 Å². The molecule has 0 saturated carbocycles. The second kappa shape index (κ2) is 9.35. The van der Waals surface area contributed by atoms with Crippen molar-refractivity contribution in [2.75, 3.05) is 25.6 Å². The van der Waals surface area contributed by atoms with Gasteiger partial charge >= 0.3 is 0 Å². The van der Waals surface area contributed by atoms with Gasteiger partial charge in [-0.05, 0) is 66.3 Å². The molecule has 0 fully saturated rings. The Morgan fingerprint density at radius 1 is 1.03 bits per heavy atom. The molecule has 0 saturated heterocycles. The van der Waals surface area contributed by atoms with Crippen molar-refractivity contribution in [3.8, 4) is 5.75 Å². The van der Waals surface area contributed by atoms with Gasteiger partial charge in [0.15, 0.2) is 0 Å². The molecule has 0 amide bonds. The molecule has 3 aromatic rings. The van der Waals surface area contributed by atoms with Gasteiger partial charge in [0.1, 0.15) is 5.75 Å². The highest BCUT2D eigenvalue weighted by Gasteiger charge is 2.21. The first-order chi connectivity index (χ1) is 15.5. The Morgan fingerprint density at radius 3 is 2.50 bits per heavy atom. The lowest BCUT2D eigenvalue weighted by Crippen LogP contribution is -2.28. The van der Waals surface area contributed by atoms with E-state index >= 15 is 0 Å². The van der Waals surface area contributed by atoms with Crippen LogP contribution in [-0.2, 0) is 13.0 Å². The van der Waals surface area contributed by atoms with Crippen LogP contribution in [0.4, 0.5) is 5.69 Å². The Balaban J connectivity index is 1.53. The maximum absolute atomic E-state index is 5.26. The summed E-state index contributed by atoms with van der Waals surface area (Å²) in [6.45, 7) is 12.8. The lowest BCUT2D eigenvalue weighted by molar-refractivity contribution is 0.414. The van der Waals surface area contributed by atoms with Crippen LogP contribution in [0.25, 0.3) is 11.4 Å². The Bertz CT molecular complexity index is 1130. The summed E-state index contributed by atoms with van der Waals surface area (Å²) in [6.07, 6.45) is 2.20. The summed E-state index contributed by atoms with van der Waals surface area (Å²) in [4.78, 5) is 4.57. The number of hydrogen-bond donors (Lipinski definition) is 0. The van der Waals surface area contributed by atoms with E-state index in [0.29, 0.717) is 0 Å². The molecule has 1 aliphatic rings. The van der Waals surface area contributed by atoms with E-state index in [2.05, 4.69) is 91.5 Å². The number of ether oxygens (including phenoxy) is 1. The molecule has 0 bridgehead atoms. The fraction of sp³-hybridized carbons (Fsp3) is 0.241. The Hall–Kier alpha value is -3.46. The molecule has 1 heterocycles. The molecular weight excluding hydrogens is 392 g/mol. The average Bonchev–Trinajstić information content (AvgIpc) is 2.83. The largest absolute Gasteiger partial charge is 0.497 e. The monoisotopic (exact) mass is 424 g/mol. The SMILES string of the molecule is C=C(c1ccc2c(c1)CCCN2C(=C)c1ccccc1C)N(C)Cc1ccc(OC)cc1. The lowest BCUT2D eigenvalue weighted by atomic mass is 9.96. The molecule has 3 aromatic carbocycles. The molecule has 0 aliphatic carbocycles. The zero-order valence-corrected chi connectivity index (χ0v) is 19.4. The standard InChI is InChI=1S/C29H32N2O/c1-21-9-6-7-11-28(21)23(3)31-18-8-10-26-19-25(14-17-29(26)31)22(2)30(4)20-24-12-15-27(32-5)16-13-24/h6-7,9,11-17,19H,2-3,8,10,18,20H2,1,4-5H3. The van der Waals surface area contributed by atoms with Crippen molar-refractivity contribution in [1.29, 1.82) is 0 Å². The molecule has 164 valence electrons. The van der Waals surface area contributed by atoms with Crippen LogP contribution < -0.4 is 9.64 Å². The molecule has 4 rings (SSSR count). The van der Waals surface area contributed by atoms with Crippen molar-refractivity contribution in [3.63, 3.8) is 0 Å². The third kappa shape index (κ3) is 4.43. The molecule has 3 heteroatoms. The summed E-state index contributed by atoms with van der Waals surface area (Å²) in [5, 5.41) is 0. The predicted octanol–water partition coefficient (Wildman–Crippen LogP) is 6.53. The highest BCUT2D eigenvalue weighted by atomic mass is 16.5. The lowest BCUT2D eigenvalue weighted by Gasteiger charge is -2.34. The number of hydrogen-bond acceptors (Lipinski definition) is 3. The third-order valence-corrected chi connectivity index (χ3v) is 6.35. The minimum Gasteiger partial charge on any atom is -0.497 e. The van der Waals surface area contributed by atoms with E-state index in [1.807, 2.05) is 12.1 Å². The maximum Gasteiger partial charge on any atom is 0.118 e. The Labute approximate surface area is 192 Å².